The predicted molar refractivity (Wildman–Crippen MR) is 113 cm³/mol. The summed E-state index contributed by atoms with van der Waals surface area (Å²) in [6.45, 7) is 0. The molecule has 30 heavy (non-hydrogen) atoms. The number of hydrogen-bond acceptors (Lipinski definition) is 0. The molecule has 0 amide bonds. The Labute approximate surface area is 210 Å². The Morgan fingerprint density at radius 1 is 0.633 bits per heavy atom. The molecule has 0 saturated carbocycles. The molecule has 0 spiro atoms. The summed E-state index contributed by atoms with van der Waals surface area (Å²) in [6.07, 6.45) is 12.6. The normalized spacial score (nSPS) is 15.4. The van der Waals surface area contributed by atoms with Crippen molar-refractivity contribution in [3.63, 3.8) is 0 Å². The summed E-state index contributed by atoms with van der Waals surface area (Å²) in [7, 11) is 0. The first-order valence-electron chi connectivity index (χ1n) is 9.34. The van der Waals surface area contributed by atoms with Gasteiger partial charge in [-0.2, -0.15) is 17.7 Å². The molecule has 0 nitrogen and oxygen atoms in total. The Hall–Kier alpha value is -1.92. The van der Waals surface area contributed by atoms with E-state index >= 15 is 0 Å². The average molecular weight is 506 g/mol. The van der Waals surface area contributed by atoms with Gasteiger partial charge >= 0.3 is 26.2 Å². The third-order valence-electron chi connectivity index (χ3n) is 5.24. The van der Waals surface area contributed by atoms with Gasteiger partial charge in [-0.1, -0.05) is 114 Å². The SMILES string of the molecule is [C-]1=C(C2C=Cc3ccccc32)C=CC1=C(c1ccccc1)c1ccccc1.[Cl-].[Cl-].[Zr+3]. The second-order valence-electron chi connectivity index (χ2n) is 6.90. The summed E-state index contributed by atoms with van der Waals surface area (Å²) in [5.74, 6) is 0.294. The summed E-state index contributed by atoms with van der Waals surface area (Å²) in [5, 5.41) is 0. The van der Waals surface area contributed by atoms with E-state index in [1.165, 1.54) is 33.4 Å². The molecular weight excluding hydrogens is 486 g/mol. The van der Waals surface area contributed by atoms with Crippen molar-refractivity contribution in [2.75, 3.05) is 0 Å². The van der Waals surface area contributed by atoms with Crippen molar-refractivity contribution in [3.05, 3.63) is 143 Å². The molecule has 1 radical (unpaired) electrons. The minimum Gasteiger partial charge on any atom is -1.00 e. The Balaban J connectivity index is 0.00000107. The zero-order chi connectivity index (χ0) is 18.1. The molecule has 0 saturated heterocycles. The van der Waals surface area contributed by atoms with Crippen LogP contribution in [0.4, 0.5) is 0 Å². The van der Waals surface area contributed by atoms with Crippen molar-refractivity contribution < 1.29 is 51.0 Å². The molecule has 0 aromatic heterocycles. The van der Waals surface area contributed by atoms with Gasteiger partial charge in [-0.3, -0.25) is 0 Å². The minimum absolute atomic E-state index is 0. The van der Waals surface area contributed by atoms with Crippen LogP contribution in [-0.2, 0) is 26.2 Å². The number of rotatable bonds is 3. The smallest absolute Gasteiger partial charge is 1.00 e. The molecule has 2 aliphatic rings. The van der Waals surface area contributed by atoms with Crippen LogP contribution in [0.15, 0.2) is 114 Å². The van der Waals surface area contributed by atoms with Gasteiger partial charge in [0.2, 0.25) is 0 Å². The molecule has 0 N–H and O–H groups in total. The van der Waals surface area contributed by atoms with E-state index in [2.05, 4.69) is 115 Å². The Morgan fingerprint density at radius 2 is 1.20 bits per heavy atom. The van der Waals surface area contributed by atoms with E-state index in [9.17, 15) is 0 Å². The number of hydrogen-bond donors (Lipinski definition) is 0. The van der Waals surface area contributed by atoms with E-state index in [-0.39, 0.29) is 51.0 Å². The first-order chi connectivity index (χ1) is 13.4. The van der Waals surface area contributed by atoms with Gasteiger partial charge in [-0.25, -0.2) is 0 Å². The molecule has 3 heteroatoms. The van der Waals surface area contributed by atoms with Crippen molar-refractivity contribution >= 4 is 11.6 Å². The molecule has 0 bridgehead atoms. The zero-order valence-electron chi connectivity index (χ0n) is 16.2. The Kier molecular flexibility index (Phi) is 8.86. The van der Waals surface area contributed by atoms with Crippen molar-refractivity contribution in [1.82, 2.24) is 0 Å². The van der Waals surface area contributed by atoms with Gasteiger partial charge in [0.05, 0.1) is 0 Å². The fourth-order valence-electron chi connectivity index (χ4n) is 3.95. The van der Waals surface area contributed by atoms with E-state index in [1.807, 2.05) is 0 Å². The van der Waals surface area contributed by atoms with Crippen LogP contribution in [0.25, 0.3) is 11.6 Å². The minimum atomic E-state index is 0. The fourth-order valence-corrected chi connectivity index (χ4v) is 3.95. The summed E-state index contributed by atoms with van der Waals surface area (Å²) >= 11 is 0. The van der Waals surface area contributed by atoms with E-state index in [4.69, 9.17) is 0 Å². The Morgan fingerprint density at radius 3 is 1.83 bits per heavy atom. The molecular formula is C27H19Cl2Zr. The molecule has 3 aromatic rings. The molecule has 0 fully saturated rings. The van der Waals surface area contributed by atoms with Gasteiger partial charge in [0, 0.05) is 5.92 Å². The quantitative estimate of drug-likeness (QED) is 0.458. The molecule has 1 unspecified atom stereocenters. The van der Waals surface area contributed by atoms with Crippen LogP contribution < -0.4 is 24.8 Å². The number of halogens is 2. The molecule has 145 valence electrons. The molecule has 0 aliphatic heterocycles. The molecule has 3 aromatic carbocycles. The van der Waals surface area contributed by atoms with Gasteiger partial charge in [0.25, 0.3) is 0 Å². The maximum atomic E-state index is 3.70. The summed E-state index contributed by atoms with van der Waals surface area (Å²) in [6, 6.07) is 29.8. The van der Waals surface area contributed by atoms with Crippen molar-refractivity contribution in [2.45, 2.75) is 5.92 Å². The standard InChI is InChI=1S/C27H19.2ClH.Zr/c1-3-10-21(11-4-1)27(22-12-5-2-6-13-22)24-16-15-23(19-24)26-18-17-20-9-7-8-14-25(20)26;;;/h1-18,26H;2*1H;/q-1;;;+3/p-2. The second-order valence-corrected chi connectivity index (χ2v) is 6.90. The van der Waals surface area contributed by atoms with E-state index < -0.39 is 0 Å². The van der Waals surface area contributed by atoms with Crippen LogP contribution in [0.3, 0.4) is 0 Å². The zero-order valence-corrected chi connectivity index (χ0v) is 20.2. The predicted octanol–water partition coefficient (Wildman–Crippen LogP) is 0.604. The van der Waals surface area contributed by atoms with Gasteiger partial charge in [0.1, 0.15) is 0 Å². The molecule has 2 aliphatic carbocycles. The average Bonchev–Trinajstić information content (AvgIpc) is 3.37. The van der Waals surface area contributed by atoms with Crippen molar-refractivity contribution in [2.24, 2.45) is 0 Å². The molecule has 0 heterocycles. The second kappa shape index (κ2) is 10.9. The van der Waals surface area contributed by atoms with Crippen LogP contribution in [0.5, 0.6) is 0 Å². The molecule has 1 atom stereocenters. The van der Waals surface area contributed by atoms with Crippen LogP contribution in [-0.4, -0.2) is 0 Å². The maximum Gasteiger partial charge on any atom is 3.00 e. The van der Waals surface area contributed by atoms with Gasteiger partial charge in [-0.05, 0) is 11.1 Å². The topological polar surface area (TPSA) is 0 Å². The molecule has 5 rings (SSSR count). The van der Waals surface area contributed by atoms with Gasteiger partial charge in [-0.15, -0.1) is 11.6 Å². The summed E-state index contributed by atoms with van der Waals surface area (Å²) < 4.78 is 0. The third kappa shape index (κ3) is 4.70. The first kappa shape index (κ1) is 24.4. The fraction of sp³-hybridized carbons (Fsp3) is 0.0370. The van der Waals surface area contributed by atoms with Crippen LogP contribution >= 0.6 is 0 Å². The summed E-state index contributed by atoms with van der Waals surface area (Å²) in [5.41, 5.74) is 8.74. The monoisotopic (exact) mass is 503 g/mol. The Bertz CT molecular complexity index is 1070. The first-order valence-corrected chi connectivity index (χ1v) is 9.34. The van der Waals surface area contributed by atoms with Crippen LogP contribution in [0.2, 0.25) is 0 Å². The van der Waals surface area contributed by atoms with E-state index in [1.54, 1.807) is 0 Å². The van der Waals surface area contributed by atoms with E-state index in [0.29, 0.717) is 5.92 Å². The van der Waals surface area contributed by atoms with Crippen LogP contribution in [0, 0.1) is 6.08 Å². The van der Waals surface area contributed by atoms with Gasteiger partial charge in [0.15, 0.2) is 0 Å². The number of fused-ring (bicyclic) bond motifs is 1. The van der Waals surface area contributed by atoms with Crippen molar-refractivity contribution in [1.29, 1.82) is 0 Å². The summed E-state index contributed by atoms with van der Waals surface area (Å²) in [4.78, 5) is 0. The largest absolute Gasteiger partial charge is 3.00 e. The third-order valence-corrected chi connectivity index (χ3v) is 5.24. The number of benzene rings is 3. The maximum absolute atomic E-state index is 3.70. The van der Waals surface area contributed by atoms with Crippen LogP contribution in [0.1, 0.15) is 28.2 Å². The number of allylic oxidation sites excluding steroid dienone is 6. The van der Waals surface area contributed by atoms with Gasteiger partial charge < -0.3 is 24.8 Å². The van der Waals surface area contributed by atoms with Crippen molar-refractivity contribution in [3.8, 4) is 0 Å². The van der Waals surface area contributed by atoms with E-state index in [0.717, 1.165) is 5.57 Å².